The topological polar surface area (TPSA) is 54.0 Å². The highest BCUT2D eigenvalue weighted by Crippen LogP contribution is 2.24. The van der Waals surface area contributed by atoms with Crippen LogP contribution in [0.15, 0.2) is 41.0 Å². The van der Waals surface area contributed by atoms with Crippen LogP contribution in [0.2, 0.25) is 0 Å². The number of carbonyl (C=O) groups excluding carboxylic acids is 1. The summed E-state index contributed by atoms with van der Waals surface area (Å²) >= 11 is 3.45. The van der Waals surface area contributed by atoms with E-state index in [1.165, 1.54) is 0 Å². The molecule has 0 aliphatic rings. The van der Waals surface area contributed by atoms with E-state index in [1.54, 1.807) is 12.3 Å². The minimum atomic E-state index is -0.287. The van der Waals surface area contributed by atoms with Crippen molar-refractivity contribution in [3.05, 3.63) is 52.3 Å². The van der Waals surface area contributed by atoms with Crippen molar-refractivity contribution >= 4 is 33.2 Å². The molecule has 2 aromatic rings. The van der Waals surface area contributed by atoms with Crippen molar-refractivity contribution in [2.75, 3.05) is 5.32 Å². The molecule has 0 atom stereocenters. The fourth-order valence-electron chi connectivity index (χ4n) is 1.96. The van der Waals surface area contributed by atoms with E-state index in [1.807, 2.05) is 52.0 Å². The quantitative estimate of drug-likeness (QED) is 0.850. The van der Waals surface area contributed by atoms with E-state index in [0.717, 1.165) is 21.4 Å². The highest BCUT2D eigenvalue weighted by Gasteiger charge is 2.16. The monoisotopic (exact) mass is 361 g/mol. The SMILES string of the molecule is Cc1cc(Br)ccc1Nc1ccnc(C(=O)NC(C)(C)C)c1. The van der Waals surface area contributed by atoms with Gasteiger partial charge in [0.2, 0.25) is 0 Å². The molecule has 1 amide bonds. The number of amides is 1. The fraction of sp³-hybridized carbons (Fsp3) is 0.294. The third kappa shape index (κ3) is 4.56. The lowest BCUT2D eigenvalue weighted by Gasteiger charge is -2.20. The van der Waals surface area contributed by atoms with Gasteiger partial charge in [-0.25, -0.2) is 0 Å². The first-order chi connectivity index (χ1) is 10.2. The maximum Gasteiger partial charge on any atom is 0.270 e. The van der Waals surface area contributed by atoms with Gasteiger partial charge in [-0.15, -0.1) is 0 Å². The van der Waals surface area contributed by atoms with Gasteiger partial charge < -0.3 is 10.6 Å². The Hall–Kier alpha value is -1.88. The summed E-state index contributed by atoms with van der Waals surface area (Å²) in [6.45, 7) is 7.86. The van der Waals surface area contributed by atoms with Gasteiger partial charge in [-0.3, -0.25) is 9.78 Å². The third-order valence-corrected chi connectivity index (χ3v) is 3.44. The van der Waals surface area contributed by atoms with Crippen LogP contribution in [0.1, 0.15) is 36.8 Å². The number of pyridine rings is 1. The number of hydrogen-bond acceptors (Lipinski definition) is 3. The average Bonchev–Trinajstić information content (AvgIpc) is 2.40. The highest BCUT2D eigenvalue weighted by atomic mass is 79.9. The van der Waals surface area contributed by atoms with Gasteiger partial charge in [0.05, 0.1) is 0 Å². The number of nitrogens with one attached hydrogen (secondary N) is 2. The molecule has 2 N–H and O–H groups in total. The molecule has 5 heteroatoms. The zero-order chi connectivity index (χ0) is 16.3. The Balaban J connectivity index is 2.20. The molecule has 0 unspecified atom stereocenters. The molecule has 116 valence electrons. The molecule has 2 rings (SSSR count). The van der Waals surface area contributed by atoms with Gasteiger partial charge >= 0.3 is 0 Å². The molecule has 0 bridgehead atoms. The molecule has 1 aromatic heterocycles. The zero-order valence-electron chi connectivity index (χ0n) is 13.2. The number of aromatic nitrogens is 1. The van der Waals surface area contributed by atoms with E-state index < -0.39 is 0 Å². The van der Waals surface area contributed by atoms with Crippen LogP contribution in [0.4, 0.5) is 11.4 Å². The van der Waals surface area contributed by atoms with Gasteiger partial charge in [-0.05, 0) is 63.6 Å². The van der Waals surface area contributed by atoms with Crippen molar-refractivity contribution in [1.29, 1.82) is 0 Å². The summed E-state index contributed by atoms with van der Waals surface area (Å²) in [6, 6.07) is 9.60. The lowest BCUT2D eigenvalue weighted by molar-refractivity contribution is 0.0914. The summed E-state index contributed by atoms with van der Waals surface area (Å²) in [5.74, 6) is -0.177. The van der Waals surface area contributed by atoms with Crippen LogP contribution in [-0.4, -0.2) is 16.4 Å². The lowest BCUT2D eigenvalue weighted by atomic mass is 10.1. The predicted molar refractivity (Wildman–Crippen MR) is 93.6 cm³/mol. The summed E-state index contributed by atoms with van der Waals surface area (Å²) in [7, 11) is 0. The van der Waals surface area contributed by atoms with E-state index in [9.17, 15) is 4.79 Å². The molecule has 1 aromatic carbocycles. The molecule has 22 heavy (non-hydrogen) atoms. The second kappa shape index (κ2) is 6.48. The molecule has 0 aliphatic heterocycles. The number of halogens is 1. The number of nitrogens with zero attached hydrogens (tertiary/aromatic N) is 1. The summed E-state index contributed by atoms with van der Waals surface area (Å²) in [4.78, 5) is 16.3. The van der Waals surface area contributed by atoms with Gasteiger partial charge in [0, 0.05) is 27.6 Å². The molecule has 1 heterocycles. The Morgan fingerprint density at radius 3 is 2.55 bits per heavy atom. The highest BCUT2D eigenvalue weighted by molar-refractivity contribution is 9.10. The van der Waals surface area contributed by atoms with Crippen LogP contribution in [0, 0.1) is 6.92 Å². The van der Waals surface area contributed by atoms with Crippen LogP contribution in [-0.2, 0) is 0 Å². The van der Waals surface area contributed by atoms with E-state index >= 15 is 0 Å². The van der Waals surface area contributed by atoms with Crippen LogP contribution < -0.4 is 10.6 Å². The summed E-state index contributed by atoms with van der Waals surface area (Å²) in [5, 5.41) is 6.23. The van der Waals surface area contributed by atoms with Crippen molar-refractivity contribution in [1.82, 2.24) is 10.3 Å². The minimum absolute atomic E-state index is 0.177. The van der Waals surface area contributed by atoms with Gasteiger partial charge in [0.25, 0.3) is 5.91 Å². The fourth-order valence-corrected chi connectivity index (χ4v) is 2.44. The molecular weight excluding hydrogens is 342 g/mol. The van der Waals surface area contributed by atoms with Crippen molar-refractivity contribution in [3.8, 4) is 0 Å². The molecule has 0 radical (unpaired) electrons. The predicted octanol–water partition coefficient (Wildman–Crippen LogP) is 4.42. The van der Waals surface area contributed by atoms with Gasteiger partial charge in [0.1, 0.15) is 5.69 Å². The minimum Gasteiger partial charge on any atom is -0.355 e. The van der Waals surface area contributed by atoms with E-state index in [4.69, 9.17) is 0 Å². The van der Waals surface area contributed by atoms with Crippen LogP contribution in [0.5, 0.6) is 0 Å². The van der Waals surface area contributed by atoms with Crippen molar-refractivity contribution < 1.29 is 4.79 Å². The summed E-state index contributed by atoms with van der Waals surface area (Å²) in [5.41, 5.74) is 3.06. The first-order valence-corrected chi connectivity index (χ1v) is 7.86. The van der Waals surface area contributed by atoms with Crippen molar-refractivity contribution in [2.24, 2.45) is 0 Å². The second-order valence-corrected chi connectivity index (χ2v) is 7.13. The lowest BCUT2D eigenvalue weighted by Crippen LogP contribution is -2.40. The maximum absolute atomic E-state index is 12.2. The Bertz CT molecular complexity index is 693. The number of aryl methyl sites for hydroxylation is 1. The average molecular weight is 362 g/mol. The second-order valence-electron chi connectivity index (χ2n) is 6.22. The zero-order valence-corrected chi connectivity index (χ0v) is 14.8. The molecule has 4 nitrogen and oxygen atoms in total. The first kappa shape index (κ1) is 16.5. The van der Waals surface area contributed by atoms with E-state index in [2.05, 4.69) is 31.5 Å². The molecule has 0 aliphatic carbocycles. The Morgan fingerprint density at radius 1 is 1.18 bits per heavy atom. The van der Waals surface area contributed by atoms with E-state index in [-0.39, 0.29) is 11.4 Å². The number of benzene rings is 1. The Kier molecular flexibility index (Phi) is 4.86. The molecule has 0 spiro atoms. The molecular formula is C17H20BrN3O. The number of hydrogen-bond donors (Lipinski definition) is 2. The largest absolute Gasteiger partial charge is 0.355 e. The standard InChI is InChI=1S/C17H20BrN3O/c1-11-9-12(18)5-6-14(11)20-13-7-8-19-15(10-13)16(22)21-17(2,3)4/h5-10H,1-4H3,(H,19,20)(H,21,22). The Labute approximate surface area is 139 Å². The van der Waals surface area contributed by atoms with E-state index in [0.29, 0.717) is 5.69 Å². The molecule has 0 fully saturated rings. The number of rotatable bonds is 3. The first-order valence-electron chi connectivity index (χ1n) is 7.06. The van der Waals surface area contributed by atoms with Crippen LogP contribution >= 0.6 is 15.9 Å². The van der Waals surface area contributed by atoms with Crippen LogP contribution in [0.25, 0.3) is 0 Å². The normalized spacial score (nSPS) is 11.1. The van der Waals surface area contributed by atoms with Gasteiger partial charge in [-0.1, -0.05) is 15.9 Å². The summed E-state index contributed by atoms with van der Waals surface area (Å²) in [6.07, 6.45) is 1.63. The smallest absolute Gasteiger partial charge is 0.270 e. The van der Waals surface area contributed by atoms with Crippen molar-refractivity contribution in [3.63, 3.8) is 0 Å². The van der Waals surface area contributed by atoms with Gasteiger partial charge in [0.15, 0.2) is 0 Å². The number of carbonyl (C=O) groups is 1. The number of anilines is 2. The van der Waals surface area contributed by atoms with Crippen molar-refractivity contribution in [2.45, 2.75) is 33.2 Å². The van der Waals surface area contributed by atoms with Gasteiger partial charge in [-0.2, -0.15) is 0 Å². The maximum atomic E-state index is 12.2. The molecule has 0 saturated carbocycles. The third-order valence-electron chi connectivity index (χ3n) is 2.95. The molecule has 0 saturated heterocycles. The van der Waals surface area contributed by atoms with Crippen LogP contribution in [0.3, 0.4) is 0 Å². The summed E-state index contributed by atoms with van der Waals surface area (Å²) < 4.78 is 1.04. The Morgan fingerprint density at radius 2 is 1.91 bits per heavy atom.